The average Bonchev–Trinajstić information content (AvgIpc) is 3.33. The molecule has 0 fully saturated rings. The number of carbonyl (C=O) groups is 1. The molecule has 0 saturated carbocycles. The molecule has 1 aromatic carbocycles. The van der Waals surface area contributed by atoms with E-state index in [4.69, 9.17) is 9.15 Å². The van der Waals surface area contributed by atoms with E-state index in [9.17, 15) is 13.2 Å². The van der Waals surface area contributed by atoms with Gasteiger partial charge in [0.2, 0.25) is 10.0 Å². The number of aromatic nitrogens is 3. The van der Waals surface area contributed by atoms with Gasteiger partial charge in [-0.05, 0) is 12.1 Å². The Morgan fingerprint density at radius 1 is 1.29 bits per heavy atom. The lowest BCUT2D eigenvalue weighted by Crippen LogP contribution is -2.36. The summed E-state index contributed by atoms with van der Waals surface area (Å²) in [6.45, 7) is 2.09. The number of carbonyl (C=O) groups excluding carboxylic acids is 1. The second-order valence-electron chi connectivity index (χ2n) is 6.39. The molecule has 2 aromatic heterocycles. The zero-order valence-corrected chi connectivity index (χ0v) is 16.1. The van der Waals surface area contributed by atoms with E-state index in [1.807, 2.05) is 0 Å². The van der Waals surface area contributed by atoms with Crippen molar-refractivity contribution in [2.75, 3.05) is 13.7 Å². The van der Waals surface area contributed by atoms with E-state index in [0.717, 1.165) is 11.3 Å². The van der Waals surface area contributed by atoms with Crippen molar-refractivity contribution in [1.82, 2.24) is 19.5 Å². The van der Waals surface area contributed by atoms with Gasteiger partial charge in [0.25, 0.3) is 0 Å². The van der Waals surface area contributed by atoms with Gasteiger partial charge in [-0.25, -0.2) is 18.2 Å². The van der Waals surface area contributed by atoms with Crippen molar-refractivity contribution in [1.29, 1.82) is 0 Å². The predicted octanol–water partition coefficient (Wildman–Crippen LogP) is 1.91. The normalized spacial score (nSPS) is 14.6. The number of nitrogens with one attached hydrogen (secondary N) is 1. The molecule has 28 heavy (non-hydrogen) atoms. The minimum Gasteiger partial charge on any atom is -0.464 e. The largest absolute Gasteiger partial charge is 0.464 e. The van der Waals surface area contributed by atoms with Gasteiger partial charge in [-0.15, -0.1) is 0 Å². The van der Waals surface area contributed by atoms with Crippen molar-refractivity contribution in [3.8, 4) is 11.3 Å². The Labute approximate surface area is 161 Å². The fraction of sp³-hybridized carbons (Fsp3) is 0.278. The van der Waals surface area contributed by atoms with Crippen molar-refractivity contribution in [2.24, 2.45) is 0 Å². The maximum absolute atomic E-state index is 13.1. The van der Waals surface area contributed by atoms with Gasteiger partial charge in [-0.1, -0.05) is 12.1 Å². The molecular formula is C18H18N4O5S. The maximum Gasteiger partial charge on any atom is 0.358 e. The minimum absolute atomic E-state index is 0.0584. The van der Waals surface area contributed by atoms with E-state index in [-0.39, 0.29) is 17.1 Å². The molecule has 0 radical (unpaired) electrons. The number of sulfonamides is 1. The van der Waals surface area contributed by atoms with E-state index in [1.165, 1.54) is 17.7 Å². The summed E-state index contributed by atoms with van der Waals surface area (Å²) in [5.41, 5.74) is 2.83. The summed E-state index contributed by atoms with van der Waals surface area (Å²) >= 11 is 0. The van der Waals surface area contributed by atoms with Gasteiger partial charge in [-0.3, -0.25) is 5.10 Å². The van der Waals surface area contributed by atoms with E-state index < -0.39 is 16.0 Å². The number of nitrogens with zero attached hydrogens (tertiary/aromatic N) is 3. The number of oxazole rings is 1. The molecule has 1 aliphatic heterocycles. The van der Waals surface area contributed by atoms with Gasteiger partial charge in [0.05, 0.1) is 12.0 Å². The maximum atomic E-state index is 13.1. The molecule has 1 aliphatic rings. The van der Waals surface area contributed by atoms with Gasteiger partial charge in [-0.2, -0.15) is 9.40 Å². The minimum atomic E-state index is -3.73. The lowest BCUT2D eigenvalue weighted by atomic mass is 10.1. The first kappa shape index (κ1) is 18.4. The van der Waals surface area contributed by atoms with Crippen LogP contribution >= 0.6 is 0 Å². The van der Waals surface area contributed by atoms with Crippen molar-refractivity contribution in [2.45, 2.75) is 24.8 Å². The SMILES string of the molecule is COC(=O)c1n[nH]c2c1CN(S(=O)(=O)c1ccc(-c3coc(C)n3)cc1)CC2. The number of rotatable bonds is 4. The van der Waals surface area contributed by atoms with Gasteiger partial charge in [0, 0.05) is 43.3 Å². The summed E-state index contributed by atoms with van der Waals surface area (Å²) < 4.78 is 37.4. The highest BCUT2D eigenvalue weighted by atomic mass is 32.2. The molecule has 0 bridgehead atoms. The first-order valence-corrected chi connectivity index (χ1v) is 10.0. The van der Waals surface area contributed by atoms with Crippen LogP contribution in [0.2, 0.25) is 0 Å². The summed E-state index contributed by atoms with van der Waals surface area (Å²) in [6, 6.07) is 6.47. The highest BCUT2D eigenvalue weighted by Crippen LogP contribution is 2.27. The molecule has 0 aliphatic carbocycles. The van der Waals surface area contributed by atoms with Crippen molar-refractivity contribution >= 4 is 16.0 Å². The van der Waals surface area contributed by atoms with Gasteiger partial charge in [0.1, 0.15) is 12.0 Å². The Morgan fingerprint density at radius 2 is 2.04 bits per heavy atom. The summed E-state index contributed by atoms with van der Waals surface area (Å²) in [5.74, 6) is -0.0543. The van der Waals surface area contributed by atoms with Crippen molar-refractivity contribution in [3.63, 3.8) is 0 Å². The van der Waals surface area contributed by atoms with Gasteiger partial charge >= 0.3 is 5.97 Å². The topological polar surface area (TPSA) is 118 Å². The van der Waals surface area contributed by atoms with E-state index in [0.29, 0.717) is 30.1 Å². The molecule has 0 unspecified atom stereocenters. The quantitative estimate of drug-likeness (QED) is 0.662. The number of hydrogen-bond acceptors (Lipinski definition) is 7. The monoisotopic (exact) mass is 402 g/mol. The first-order chi connectivity index (χ1) is 13.4. The third kappa shape index (κ3) is 3.10. The lowest BCUT2D eigenvalue weighted by molar-refractivity contribution is 0.0592. The molecule has 3 aromatic rings. The number of aryl methyl sites for hydroxylation is 1. The van der Waals surface area contributed by atoms with Gasteiger partial charge in [0.15, 0.2) is 11.6 Å². The fourth-order valence-electron chi connectivity index (χ4n) is 3.18. The number of fused-ring (bicyclic) bond motifs is 1. The average molecular weight is 402 g/mol. The molecule has 0 saturated heterocycles. The molecule has 9 nitrogen and oxygen atoms in total. The van der Waals surface area contributed by atoms with E-state index in [2.05, 4.69) is 15.2 Å². The van der Waals surface area contributed by atoms with Crippen LogP contribution in [0.5, 0.6) is 0 Å². The third-order valence-corrected chi connectivity index (χ3v) is 6.54. The smallest absolute Gasteiger partial charge is 0.358 e. The molecule has 146 valence electrons. The molecule has 0 atom stereocenters. The third-order valence-electron chi connectivity index (χ3n) is 4.68. The number of aromatic amines is 1. The van der Waals surface area contributed by atoms with E-state index >= 15 is 0 Å². The second-order valence-corrected chi connectivity index (χ2v) is 8.32. The number of ether oxygens (including phenoxy) is 1. The van der Waals surface area contributed by atoms with Crippen LogP contribution in [0.15, 0.2) is 39.8 Å². The first-order valence-electron chi connectivity index (χ1n) is 8.57. The van der Waals surface area contributed by atoms with Crippen LogP contribution in [-0.4, -0.2) is 47.5 Å². The lowest BCUT2D eigenvalue weighted by Gasteiger charge is -2.26. The zero-order valence-electron chi connectivity index (χ0n) is 15.3. The van der Waals surface area contributed by atoms with Gasteiger partial charge < -0.3 is 9.15 Å². The van der Waals surface area contributed by atoms with E-state index in [1.54, 1.807) is 31.2 Å². The fourth-order valence-corrected chi connectivity index (χ4v) is 4.59. The predicted molar refractivity (Wildman–Crippen MR) is 97.9 cm³/mol. The molecule has 3 heterocycles. The molecule has 1 N–H and O–H groups in total. The summed E-state index contributed by atoms with van der Waals surface area (Å²) in [4.78, 5) is 16.3. The number of methoxy groups -OCH3 is 1. The Hall–Kier alpha value is -2.98. The molecule has 0 amide bonds. The Kier molecular flexibility index (Phi) is 4.52. The number of benzene rings is 1. The molecule has 0 spiro atoms. The van der Waals surface area contributed by atoms with Crippen LogP contribution < -0.4 is 0 Å². The Bertz CT molecular complexity index is 1130. The highest BCUT2D eigenvalue weighted by molar-refractivity contribution is 7.89. The van der Waals surface area contributed by atoms with Crippen LogP contribution in [0.4, 0.5) is 0 Å². The Balaban J connectivity index is 1.61. The van der Waals surface area contributed by atoms with Crippen LogP contribution in [0.1, 0.15) is 27.6 Å². The molecule has 10 heteroatoms. The van der Waals surface area contributed by atoms with Crippen molar-refractivity contribution in [3.05, 3.63) is 53.4 Å². The van der Waals surface area contributed by atoms with Crippen LogP contribution in [0, 0.1) is 6.92 Å². The standard InChI is InChI=1S/C18H18N4O5S/c1-11-19-16(10-27-11)12-3-5-13(6-4-12)28(24,25)22-8-7-15-14(9-22)17(21-20-15)18(23)26-2/h3-6,10H,7-9H2,1-2H3,(H,20,21). The number of H-pyrrole nitrogens is 1. The number of esters is 1. The zero-order chi connectivity index (χ0) is 19.9. The van der Waals surface area contributed by atoms with Crippen LogP contribution in [0.3, 0.4) is 0 Å². The van der Waals surface area contributed by atoms with Crippen LogP contribution in [0.25, 0.3) is 11.3 Å². The molecule has 4 rings (SSSR count). The summed E-state index contributed by atoms with van der Waals surface area (Å²) in [5, 5.41) is 6.76. The Morgan fingerprint density at radius 3 is 2.68 bits per heavy atom. The highest BCUT2D eigenvalue weighted by Gasteiger charge is 2.32. The van der Waals surface area contributed by atoms with Crippen molar-refractivity contribution < 1.29 is 22.4 Å². The summed E-state index contributed by atoms with van der Waals surface area (Å²) in [6.07, 6.45) is 1.97. The second kappa shape index (κ2) is 6.88. The summed E-state index contributed by atoms with van der Waals surface area (Å²) in [7, 11) is -2.47. The number of hydrogen-bond donors (Lipinski definition) is 1. The van der Waals surface area contributed by atoms with Crippen LogP contribution in [-0.2, 0) is 27.7 Å². The molecular weight excluding hydrogens is 384 g/mol.